The van der Waals surface area contributed by atoms with Crippen LogP contribution in [0.2, 0.25) is 0 Å². The average molecular weight is 281 g/mol. The number of hydrogen-bond donors (Lipinski definition) is 0. The lowest BCUT2D eigenvalue weighted by molar-refractivity contribution is -0.136. The number of halogens is 2. The third kappa shape index (κ3) is 3.22. The molecule has 0 spiro atoms. The van der Waals surface area contributed by atoms with Crippen molar-refractivity contribution in [2.24, 2.45) is 0 Å². The summed E-state index contributed by atoms with van der Waals surface area (Å²) in [6.45, 7) is 3.98. The second-order valence-electron chi connectivity index (χ2n) is 4.98. The van der Waals surface area contributed by atoms with Crippen molar-refractivity contribution < 1.29 is 18.3 Å². The van der Waals surface area contributed by atoms with E-state index in [-0.39, 0.29) is 12.4 Å². The highest BCUT2D eigenvalue weighted by Gasteiger charge is 2.27. The van der Waals surface area contributed by atoms with Gasteiger partial charge in [0.1, 0.15) is 11.9 Å². The maximum atomic E-state index is 13.7. The number of ether oxygens (including phenoxy) is 1. The van der Waals surface area contributed by atoms with Crippen LogP contribution in [0, 0.1) is 5.82 Å². The van der Waals surface area contributed by atoms with Gasteiger partial charge in [0.05, 0.1) is 13.2 Å². The molecule has 1 aliphatic rings. The zero-order valence-electron chi connectivity index (χ0n) is 11.5. The molecule has 1 heterocycles. The number of carbonyl (C=O) groups excluding carboxylic acids is 1. The standard InChI is InChI=1S/C15H17F2NO2/c1-10(2)14(17)15(19)18-6-7-20-13(9-18)11-4-3-5-12(16)8-11/h3-5,8,13H,6-7,9H2,1-2H3. The van der Waals surface area contributed by atoms with Crippen LogP contribution in [0.5, 0.6) is 0 Å². The lowest BCUT2D eigenvalue weighted by Gasteiger charge is -2.33. The molecule has 0 aromatic heterocycles. The van der Waals surface area contributed by atoms with Crippen molar-refractivity contribution in [2.75, 3.05) is 19.7 Å². The van der Waals surface area contributed by atoms with Crippen LogP contribution in [0.15, 0.2) is 35.7 Å². The van der Waals surface area contributed by atoms with Gasteiger partial charge in [-0.15, -0.1) is 0 Å². The SMILES string of the molecule is CC(C)=C(F)C(=O)N1CCOC(c2cccc(F)c2)C1. The van der Waals surface area contributed by atoms with Gasteiger partial charge in [-0.1, -0.05) is 12.1 Å². The molecule has 1 aliphatic heterocycles. The Kier molecular flexibility index (Phi) is 4.49. The van der Waals surface area contributed by atoms with Gasteiger partial charge in [0.2, 0.25) is 0 Å². The van der Waals surface area contributed by atoms with Crippen LogP contribution in [0.4, 0.5) is 8.78 Å². The van der Waals surface area contributed by atoms with E-state index in [0.29, 0.717) is 24.3 Å². The molecule has 0 saturated carbocycles. The fraction of sp³-hybridized carbons (Fsp3) is 0.400. The van der Waals surface area contributed by atoms with Gasteiger partial charge in [0, 0.05) is 6.54 Å². The molecule has 2 rings (SSSR count). The van der Waals surface area contributed by atoms with Gasteiger partial charge >= 0.3 is 0 Å². The zero-order valence-corrected chi connectivity index (χ0v) is 11.5. The van der Waals surface area contributed by atoms with E-state index >= 15 is 0 Å². The summed E-state index contributed by atoms with van der Waals surface area (Å²) in [5.41, 5.74) is 1.00. The Morgan fingerprint density at radius 2 is 2.15 bits per heavy atom. The summed E-state index contributed by atoms with van der Waals surface area (Å²) < 4.78 is 32.4. The maximum absolute atomic E-state index is 13.7. The summed E-state index contributed by atoms with van der Waals surface area (Å²) in [5.74, 6) is -1.72. The van der Waals surface area contributed by atoms with E-state index in [9.17, 15) is 13.6 Å². The minimum Gasteiger partial charge on any atom is -0.370 e. The van der Waals surface area contributed by atoms with E-state index in [1.165, 1.54) is 17.0 Å². The van der Waals surface area contributed by atoms with Crippen LogP contribution in [-0.4, -0.2) is 30.5 Å². The monoisotopic (exact) mass is 281 g/mol. The highest BCUT2D eigenvalue weighted by Crippen LogP contribution is 2.24. The quantitative estimate of drug-likeness (QED) is 0.780. The molecule has 5 heteroatoms. The fourth-order valence-electron chi connectivity index (χ4n) is 2.09. The molecule has 1 amide bonds. The lowest BCUT2D eigenvalue weighted by Crippen LogP contribution is -2.42. The molecule has 3 nitrogen and oxygen atoms in total. The molecular weight excluding hydrogens is 264 g/mol. The average Bonchev–Trinajstić information content (AvgIpc) is 2.45. The van der Waals surface area contributed by atoms with E-state index in [0.717, 1.165) is 0 Å². The third-order valence-electron chi connectivity index (χ3n) is 3.20. The Hall–Kier alpha value is -1.75. The Morgan fingerprint density at radius 3 is 2.80 bits per heavy atom. The first-order valence-electron chi connectivity index (χ1n) is 6.48. The topological polar surface area (TPSA) is 29.5 Å². The molecule has 0 N–H and O–H groups in total. The molecule has 1 aromatic rings. The van der Waals surface area contributed by atoms with E-state index in [4.69, 9.17) is 4.74 Å². The van der Waals surface area contributed by atoms with Crippen molar-refractivity contribution in [3.05, 3.63) is 47.0 Å². The fourth-order valence-corrected chi connectivity index (χ4v) is 2.09. The summed E-state index contributed by atoms with van der Waals surface area (Å²) in [5, 5.41) is 0. The van der Waals surface area contributed by atoms with Crippen molar-refractivity contribution in [3.8, 4) is 0 Å². The van der Waals surface area contributed by atoms with Gasteiger partial charge in [-0.2, -0.15) is 0 Å². The normalized spacial score (nSPS) is 18.8. The van der Waals surface area contributed by atoms with Crippen LogP contribution < -0.4 is 0 Å². The predicted molar refractivity (Wildman–Crippen MR) is 71.2 cm³/mol. The molecule has 1 fully saturated rings. The molecule has 1 aromatic carbocycles. The van der Waals surface area contributed by atoms with Crippen molar-refractivity contribution >= 4 is 5.91 Å². The highest BCUT2D eigenvalue weighted by atomic mass is 19.1. The molecular formula is C15H17F2NO2. The van der Waals surface area contributed by atoms with E-state index < -0.39 is 17.8 Å². The Bertz CT molecular complexity index is 538. The van der Waals surface area contributed by atoms with Crippen LogP contribution in [0.3, 0.4) is 0 Å². The number of rotatable bonds is 2. The van der Waals surface area contributed by atoms with Crippen molar-refractivity contribution in [2.45, 2.75) is 20.0 Å². The van der Waals surface area contributed by atoms with E-state index in [2.05, 4.69) is 0 Å². The summed E-state index contributed by atoms with van der Waals surface area (Å²) in [4.78, 5) is 13.4. The van der Waals surface area contributed by atoms with Crippen molar-refractivity contribution in [1.29, 1.82) is 0 Å². The molecule has 20 heavy (non-hydrogen) atoms. The van der Waals surface area contributed by atoms with Gasteiger partial charge in [-0.3, -0.25) is 4.79 Å². The van der Waals surface area contributed by atoms with Gasteiger partial charge in [-0.05, 0) is 37.1 Å². The summed E-state index contributed by atoms with van der Waals surface area (Å²) in [6, 6.07) is 6.04. The second-order valence-corrected chi connectivity index (χ2v) is 4.98. The number of carbonyl (C=O) groups is 1. The second kappa shape index (κ2) is 6.13. The largest absolute Gasteiger partial charge is 0.370 e. The molecule has 0 aliphatic carbocycles. The van der Waals surface area contributed by atoms with E-state index in [1.54, 1.807) is 26.0 Å². The first-order valence-corrected chi connectivity index (χ1v) is 6.48. The molecule has 0 radical (unpaired) electrons. The lowest BCUT2D eigenvalue weighted by atomic mass is 10.1. The van der Waals surface area contributed by atoms with Crippen LogP contribution in [0.1, 0.15) is 25.5 Å². The molecule has 1 unspecified atom stereocenters. The predicted octanol–water partition coefficient (Wildman–Crippen LogP) is 2.99. The summed E-state index contributed by atoms with van der Waals surface area (Å²) in [6.07, 6.45) is -0.423. The molecule has 108 valence electrons. The minimum absolute atomic E-state index is 0.225. The van der Waals surface area contributed by atoms with Crippen LogP contribution >= 0.6 is 0 Å². The maximum Gasteiger partial charge on any atom is 0.282 e. The van der Waals surface area contributed by atoms with Gasteiger partial charge in [0.15, 0.2) is 5.83 Å². The zero-order chi connectivity index (χ0) is 14.7. The minimum atomic E-state index is -0.732. The third-order valence-corrected chi connectivity index (χ3v) is 3.20. The Balaban J connectivity index is 2.13. The Morgan fingerprint density at radius 1 is 1.40 bits per heavy atom. The highest BCUT2D eigenvalue weighted by molar-refractivity contribution is 5.91. The summed E-state index contributed by atoms with van der Waals surface area (Å²) >= 11 is 0. The number of nitrogens with zero attached hydrogens (tertiary/aromatic N) is 1. The molecule has 1 atom stereocenters. The van der Waals surface area contributed by atoms with Crippen molar-refractivity contribution in [3.63, 3.8) is 0 Å². The first-order chi connectivity index (χ1) is 9.49. The van der Waals surface area contributed by atoms with Gasteiger partial charge < -0.3 is 9.64 Å². The summed E-state index contributed by atoms with van der Waals surface area (Å²) in [7, 11) is 0. The Labute approximate surface area is 116 Å². The smallest absolute Gasteiger partial charge is 0.282 e. The van der Waals surface area contributed by atoms with Gasteiger partial charge in [-0.25, -0.2) is 8.78 Å². The van der Waals surface area contributed by atoms with Crippen molar-refractivity contribution in [1.82, 2.24) is 4.90 Å². The molecule has 0 bridgehead atoms. The molecule has 1 saturated heterocycles. The van der Waals surface area contributed by atoms with Crippen LogP contribution in [-0.2, 0) is 9.53 Å². The number of amides is 1. The van der Waals surface area contributed by atoms with E-state index in [1.807, 2.05) is 0 Å². The number of hydrogen-bond acceptors (Lipinski definition) is 2. The number of morpholine rings is 1. The van der Waals surface area contributed by atoms with Gasteiger partial charge in [0.25, 0.3) is 5.91 Å². The van der Waals surface area contributed by atoms with Crippen LogP contribution in [0.25, 0.3) is 0 Å². The number of benzene rings is 1. The number of allylic oxidation sites excluding steroid dienone is 1. The first kappa shape index (κ1) is 14.7.